The van der Waals surface area contributed by atoms with Crippen LogP contribution < -0.4 is 0 Å². The largest absolute Gasteiger partial charge is 0.469 e. The minimum absolute atomic E-state index is 0.164. The third-order valence-corrected chi connectivity index (χ3v) is 5.68. The van der Waals surface area contributed by atoms with E-state index in [0.717, 1.165) is 25.7 Å². The minimum atomic E-state index is -0.520. The summed E-state index contributed by atoms with van der Waals surface area (Å²) in [7, 11) is 2.74. The van der Waals surface area contributed by atoms with Gasteiger partial charge in [-0.3, -0.25) is 4.79 Å². The van der Waals surface area contributed by atoms with Gasteiger partial charge >= 0.3 is 11.9 Å². The van der Waals surface area contributed by atoms with E-state index in [1.165, 1.54) is 14.2 Å². The van der Waals surface area contributed by atoms with Gasteiger partial charge in [0.25, 0.3) is 0 Å². The van der Waals surface area contributed by atoms with E-state index in [-0.39, 0.29) is 16.8 Å². The Hall–Kier alpha value is -1.32. The highest BCUT2D eigenvalue weighted by molar-refractivity contribution is 5.96. The van der Waals surface area contributed by atoms with Gasteiger partial charge < -0.3 is 9.47 Å². The SMILES string of the molecule is COC(=O)C1=CCC2C(C)(C)CCCC2(C)C1C(=O)OC. The van der Waals surface area contributed by atoms with Crippen molar-refractivity contribution >= 4 is 11.9 Å². The molecule has 0 aromatic heterocycles. The van der Waals surface area contributed by atoms with Gasteiger partial charge in [0.15, 0.2) is 0 Å². The molecule has 0 saturated heterocycles. The van der Waals surface area contributed by atoms with Gasteiger partial charge in [-0.1, -0.05) is 33.3 Å². The van der Waals surface area contributed by atoms with Crippen LogP contribution in [0, 0.1) is 22.7 Å². The van der Waals surface area contributed by atoms with Gasteiger partial charge in [-0.05, 0) is 36.0 Å². The maximum atomic E-state index is 12.4. The lowest BCUT2D eigenvalue weighted by molar-refractivity contribution is -0.158. The molecule has 0 aromatic carbocycles. The fourth-order valence-electron chi connectivity index (χ4n) is 4.65. The number of carbonyl (C=O) groups is 2. The zero-order chi connectivity index (χ0) is 15.8. The molecule has 0 bridgehead atoms. The summed E-state index contributed by atoms with van der Waals surface area (Å²) in [4.78, 5) is 24.5. The van der Waals surface area contributed by atoms with Gasteiger partial charge in [-0.2, -0.15) is 0 Å². The predicted molar refractivity (Wildman–Crippen MR) is 79.5 cm³/mol. The lowest BCUT2D eigenvalue weighted by atomic mass is 9.48. The summed E-state index contributed by atoms with van der Waals surface area (Å²) in [5.41, 5.74) is 0.394. The van der Waals surface area contributed by atoms with Crippen molar-refractivity contribution in [1.82, 2.24) is 0 Å². The van der Waals surface area contributed by atoms with Crippen molar-refractivity contribution in [2.24, 2.45) is 22.7 Å². The lowest BCUT2D eigenvalue weighted by Crippen LogP contribution is -2.52. The van der Waals surface area contributed by atoms with E-state index < -0.39 is 11.9 Å². The van der Waals surface area contributed by atoms with E-state index in [0.29, 0.717) is 11.5 Å². The molecule has 0 aliphatic heterocycles. The minimum Gasteiger partial charge on any atom is -0.469 e. The van der Waals surface area contributed by atoms with Gasteiger partial charge in [0.1, 0.15) is 0 Å². The average Bonchev–Trinajstić information content (AvgIpc) is 2.43. The van der Waals surface area contributed by atoms with Gasteiger partial charge in [-0.25, -0.2) is 4.79 Å². The molecule has 0 N–H and O–H groups in total. The number of ether oxygens (including phenoxy) is 2. The van der Waals surface area contributed by atoms with Crippen LogP contribution >= 0.6 is 0 Å². The molecular formula is C17H26O4. The Bertz CT molecular complexity index is 477. The molecule has 118 valence electrons. The molecule has 1 fully saturated rings. The molecule has 2 aliphatic rings. The Morgan fingerprint density at radius 1 is 1.14 bits per heavy atom. The Morgan fingerprint density at radius 2 is 1.81 bits per heavy atom. The van der Waals surface area contributed by atoms with E-state index >= 15 is 0 Å². The Labute approximate surface area is 126 Å². The number of fused-ring (bicyclic) bond motifs is 1. The normalized spacial score (nSPS) is 34.4. The van der Waals surface area contributed by atoms with E-state index in [2.05, 4.69) is 20.8 Å². The van der Waals surface area contributed by atoms with Gasteiger partial charge in [0.2, 0.25) is 0 Å². The molecule has 2 aliphatic carbocycles. The molecule has 0 spiro atoms. The van der Waals surface area contributed by atoms with Crippen molar-refractivity contribution < 1.29 is 19.1 Å². The van der Waals surface area contributed by atoms with Crippen molar-refractivity contribution in [3.05, 3.63) is 11.6 Å². The fraction of sp³-hybridized carbons (Fsp3) is 0.765. The molecule has 2 rings (SSSR count). The van der Waals surface area contributed by atoms with Gasteiger partial charge in [-0.15, -0.1) is 0 Å². The van der Waals surface area contributed by atoms with Crippen LogP contribution in [0.1, 0.15) is 46.5 Å². The zero-order valence-corrected chi connectivity index (χ0v) is 13.7. The fourth-order valence-corrected chi connectivity index (χ4v) is 4.65. The van der Waals surface area contributed by atoms with E-state index in [1.807, 2.05) is 6.08 Å². The first kappa shape index (κ1) is 16.1. The molecule has 3 unspecified atom stereocenters. The Morgan fingerprint density at radius 3 is 2.38 bits per heavy atom. The molecule has 21 heavy (non-hydrogen) atoms. The molecule has 4 nitrogen and oxygen atoms in total. The van der Waals surface area contributed by atoms with Crippen molar-refractivity contribution in [1.29, 1.82) is 0 Å². The summed E-state index contributed by atoms with van der Waals surface area (Å²) in [6, 6.07) is 0. The van der Waals surface area contributed by atoms with Crippen LogP contribution in [-0.2, 0) is 19.1 Å². The van der Waals surface area contributed by atoms with Crippen LogP contribution in [0.5, 0.6) is 0 Å². The first-order valence-electron chi connectivity index (χ1n) is 7.64. The first-order valence-corrected chi connectivity index (χ1v) is 7.64. The van der Waals surface area contributed by atoms with E-state index in [9.17, 15) is 9.59 Å². The van der Waals surface area contributed by atoms with E-state index in [1.54, 1.807) is 0 Å². The molecule has 0 aromatic rings. The van der Waals surface area contributed by atoms with Crippen molar-refractivity contribution in [2.75, 3.05) is 14.2 Å². The van der Waals surface area contributed by atoms with Gasteiger partial charge in [0.05, 0.1) is 20.1 Å². The summed E-state index contributed by atoms with van der Waals surface area (Å²) in [6.07, 6.45) is 5.88. The summed E-state index contributed by atoms with van der Waals surface area (Å²) in [5, 5.41) is 0. The Kier molecular flexibility index (Phi) is 4.18. The molecule has 4 heteroatoms. The number of methoxy groups -OCH3 is 2. The molecule has 3 atom stereocenters. The summed E-state index contributed by atoms with van der Waals surface area (Å²) in [5.74, 6) is -0.880. The van der Waals surface area contributed by atoms with Crippen molar-refractivity contribution in [2.45, 2.75) is 46.5 Å². The number of hydrogen-bond acceptors (Lipinski definition) is 4. The second-order valence-corrected chi connectivity index (χ2v) is 7.24. The molecular weight excluding hydrogens is 268 g/mol. The van der Waals surface area contributed by atoms with Crippen LogP contribution in [0.25, 0.3) is 0 Å². The topological polar surface area (TPSA) is 52.6 Å². The monoisotopic (exact) mass is 294 g/mol. The smallest absolute Gasteiger partial charge is 0.334 e. The van der Waals surface area contributed by atoms with E-state index in [4.69, 9.17) is 9.47 Å². The predicted octanol–water partition coefficient (Wildman–Crippen LogP) is 3.11. The highest BCUT2D eigenvalue weighted by atomic mass is 16.5. The average molecular weight is 294 g/mol. The Balaban J connectivity index is 2.51. The lowest BCUT2D eigenvalue weighted by Gasteiger charge is -2.55. The highest BCUT2D eigenvalue weighted by Gasteiger charge is 2.56. The highest BCUT2D eigenvalue weighted by Crippen LogP contribution is 2.59. The zero-order valence-electron chi connectivity index (χ0n) is 13.7. The molecule has 0 radical (unpaired) electrons. The van der Waals surface area contributed by atoms with Crippen LogP contribution in [0.4, 0.5) is 0 Å². The van der Waals surface area contributed by atoms with Gasteiger partial charge in [0, 0.05) is 5.57 Å². The van der Waals surface area contributed by atoms with Crippen molar-refractivity contribution in [3.8, 4) is 0 Å². The number of carbonyl (C=O) groups excluding carboxylic acids is 2. The standard InChI is InChI=1S/C17H26O4/c1-16(2)9-6-10-17(3)12(16)8-7-11(14(18)20-4)13(17)15(19)21-5/h7,12-13H,6,8-10H2,1-5H3. The number of esters is 2. The third-order valence-electron chi connectivity index (χ3n) is 5.68. The van der Waals surface area contributed by atoms with Crippen LogP contribution in [0.3, 0.4) is 0 Å². The second-order valence-electron chi connectivity index (χ2n) is 7.24. The number of rotatable bonds is 2. The third kappa shape index (κ3) is 2.49. The molecule has 0 amide bonds. The van der Waals surface area contributed by atoms with Crippen LogP contribution in [-0.4, -0.2) is 26.2 Å². The summed E-state index contributed by atoms with van der Waals surface area (Å²) in [6.45, 7) is 6.66. The maximum Gasteiger partial charge on any atom is 0.334 e. The van der Waals surface area contributed by atoms with Crippen LogP contribution in [0.15, 0.2) is 11.6 Å². The quantitative estimate of drug-likeness (QED) is 0.734. The second kappa shape index (κ2) is 5.47. The number of allylic oxidation sites excluding steroid dienone is 1. The summed E-state index contributed by atoms with van der Waals surface area (Å²) < 4.78 is 9.89. The van der Waals surface area contributed by atoms with Crippen LogP contribution in [0.2, 0.25) is 0 Å². The first-order chi connectivity index (χ1) is 9.78. The molecule has 0 heterocycles. The maximum absolute atomic E-state index is 12.4. The summed E-state index contributed by atoms with van der Waals surface area (Å²) >= 11 is 0. The van der Waals surface area contributed by atoms with Crippen molar-refractivity contribution in [3.63, 3.8) is 0 Å². The number of hydrogen-bond donors (Lipinski definition) is 0. The molecule has 1 saturated carbocycles.